The van der Waals surface area contributed by atoms with Crippen molar-refractivity contribution < 1.29 is 9.90 Å². The number of thiophene rings is 1. The van der Waals surface area contributed by atoms with Gasteiger partial charge in [-0.15, -0.1) is 12.4 Å². The average Bonchev–Trinajstić information content (AvgIpc) is 2.99. The van der Waals surface area contributed by atoms with Gasteiger partial charge in [0, 0.05) is 6.54 Å². The molecule has 0 aliphatic rings. The van der Waals surface area contributed by atoms with Crippen molar-refractivity contribution in [2.24, 2.45) is 5.73 Å². The highest BCUT2D eigenvalue weighted by molar-refractivity contribution is 7.07. The van der Waals surface area contributed by atoms with Crippen molar-refractivity contribution in [3.8, 4) is 0 Å². The standard InChI is InChI=1S/C15H18N2O2S.ClH/c16-13(8-11-4-2-1-3-5-11)15(19)17-9-14(18)12-6-7-20-10-12;/h1-7,10,13-14,18H,8-9,16H2,(H,17,19);1H/t13-,14?;/m0./s1. The van der Waals surface area contributed by atoms with Gasteiger partial charge in [0.25, 0.3) is 0 Å². The second-order valence-corrected chi connectivity index (χ2v) is 5.39. The van der Waals surface area contributed by atoms with Crippen LogP contribution in [-0.2, 0) is 11.2 Å². The lowest BCUT2D eigenvalue weighted by Crippen LogP contribution is -2.43. The van der Waals surface area contributed by atoms with Crippen LogP contribution in [0.4, 0.5) is 0 Å². The summed E-state index contributed by atoms with van der Waals surface area (Å²) in [5.41, 5.74) is 7.70. The molecule has 4 nitrogen and oxygen atoms in total. The molecule has 1 amide bonds. The first-order valence-corrected chi connectivity index (χ1v) is 7.38. The average molecular weight is 327 g/mol. The Kier molecular flexibility index (Phi) is 7.39. The van der Waals surface area contributed by atoms with Gasteiger partial charge >= 0.3 is 0 Å². The van der Waals surface area contributed by atoms with E-state index >= 15 is 0 Å². The van der Waals surface area contributed by atoms with Crippen LogP contribution in [0.15, 0.2) is 47.2 Å². The third kappa shape index (κ3) is 5.47. The fraction of sp³-hybridized carbons (Fsp3) is 0.267. The van der Waals surface area contributed by atoms with E-state index in [-0.39, 0.29) is 24.9 Å². The molecule has 21 heavy (non-hydrogen) atoms. The zero-order chi connectivity index (χ0) is 14.4. The van der Waals surface area contributed by atoms with Gasteiger partial charge in [0.05, 0.1) is 12.1 Å². The highest BCUT2D eigenvalue weighted by atomic mass is 35.5. The quantitative estimate of drug-likeness (QED) is 0.759. The number of halogens is 1. The van der Waals surface area contributed by atoms with Crippen LogP contribution in [0.5, 0.6) is 0 Å². The number of carbonyl (C=O) groups is 1. The molecule has 0 aliphatic carbocycles. The largest absolute Gasteiger partial charge is 0.387 e. The summed E-state index contributed by atoms with van der Waals surface area (Å²) in [6.45, 7) is 0.179. The molecule has 2 atom stereocenters. The minimum atomic E-state index is -0.686. The maximum absolute atomic E-state index is 11.9. The molecule has 0 radical (unpaired) electrons. The SMILES string of the molecule is Cl.N[C@@H](Cc1ccccc1)C(=O)NCC(O)c1ccsc1. The summed E-state index contributed by atoms with van der Waals surface area (Å²) in [4.78, 5) is 11.9. The van der Waals surface area contributed by atoms with Crippen molar-refractivity contribution in [3.63, 3.8) is 0 Å². The Bertz CT molecular complexity index is 534. The first-order valence-electron chi connectivity index (χ1n) is 6.44. The van der Waals surface area contributed by atoms with E-state index in [1.165, 1.54) is 11.3 Å². The van der Waals surface area contributed by atoms with E-state index < -0.39 is 12.1 Å². The molecule has 6 heteroatoms. The van der Waals surface area contributed by atoms with E-state index in [0.29, 0.717) is 6.42 Å². The number of aliphatic hydroxyl groups excluding tert-OH is 1. The Morgan fingerprint density at radius 2 is 2.00 bits per heavy atom. The number of hydrogen-bond acceptors (Lipinski definition) is 4. The molecule has 0 saturated heterocycles. The fourth-order valence-corrected chi connectivity index (χ4v) is 2.58. The van der Waals surface area contributed by atoms with E-state index in [4.69, 9.17) is 5.73 Å². The molecule has 0 fully saturated rings. The van der Waals surface area contributed by atoms with Crippen molar-refractivity contribution in [1.29, 1.82) is 0 Å². The maximum atomic E-state index is 11.9. The Balaban J connectivity index is 0.00000220. The highest BCUT2D eigenvalue weighted by Crippen LogP contribution is 2.15. The Morgan fingerprint density at radius 1 is 1.29 bits per heavy atom. The molecule has 114 valence electrons. The number of aliphatic hydroxyl groups is 1. The molecule has 0 aliphatic heterocycles. The molecule has 0 bridgehead atoms. The van der Waals surface area contributed by atoms with E-state index in [0.717, 1.165) is 11.1 Å². The number of nitrogens with one attached hydrogen (secondary N) is 1. The summed E-state index contributed by atoms with van der Waals surface area (Å²) in [5.74, 6) is -0.247. The molecule has 0 saturated carbocycles. The molecule has 1 aromatic heterocycles. The van der Waals surface area contributed by atoms with E-state index in [9.17, 15) is 9.90 Å². The molecule has 2 rings (SSSR count). The van der Waals surface area contributed by atoms with Crippen molar-refractivity contribution in [2.75, 3.05) is 6.54 Å². The molecular weight excluding hydrogens is 308 g/mol. The Hall–Kier alpha value is -1.40. The fourth-order valence-electron chi connectivity index (χ4n) is 1.87. The van der Waals surface area contributed by atoms with Crippen molar-refractivity contribution in [2.45, 2.75) is 18.6 Å². The van der Waals surface area contributed by atoms with Gasteiger partial charge in [-0.25, -0.2) is 0 Å². The third-order valence-corrected chi connectivity index (χ3v) is 3.73. The lowest BCUT2D eigenvalue weighted by Gasteiger charge is -2.14. The minimum absolute atomic E-state index is 0. The number of hydrogen-bond donors (Lipinski definition) is 3. The van der Waals surface area contributed by atoms with Gasteiger partial charge in [-0.1, -0.05) is 30.3 Å². The summed E-state index contributed by atoms with van der Waals surface area (Å²) in [6.07, 6.45) is -0.199. The third-order valence-electron chi connectivity index (χ3n) is 3.03. The van der Waals surface area contributed by atoms with Crippen LogP contribution in [0.2, 0.25) is 0 Å². The second kappa shape index (κ2) is 8.79. The van der Waals surface area contributed by atoms with Crippen LogP contribution < -0.4 is 11.1 Å². The summed E-state index contributed by atoms with van der Waals surface area (Å²) < 4.78 is 0. The topological polar surface area (TPSA) is 75.4 Å². The van der Waals surface area contributed by atoms with E-state index in [1.807, 2.05) is 47.2 Å². The lowest BCUT2D eigenvalue weighted by molar-refractivity contribution is -0.122. The predicted octanol–water partition coefficient (Wildman–Crippen LogP) is 1.89. The second-order valence-electron chi connectivity index (χ2n) is 4.61. The van der Waals surface area contributed by atoms with Crippen molar-refractivity contribution >= 4 is 29.7 Å². The number of nitrogens with two attached hydrogens (primary N) is 1. The minimum Gasteiger partial charge on any atom is -0.387 e. The van der Waals surface area contributed by atoms with Gasteiger partial charge in [-0.2, -0.15) is 11.3 Å². The molecule has 4 N–H and O–H groups in total. The molecular formula is C15H19ClN2O2S. The van der Waals surface area contributed by atoms with Crippen LogP contribution >= 0.6 is 23.7 Å². The lowest BCUT2D eigenvalue weighted by atomic mass is 10.1. The van der Waals surface area contributed by atoms with Gasteiger partial charge in [0.15, 0.2) is 0 Å². The number of rotatable bonds is 6. The van der Waals surface area contributed by atoms with Crippen LogP contribution in [0.3, 0.4) is 0 Å². The Labute approximate surface area is 134 Å². The summed E-state index contributed by atoms with van der Waals surface area (Å²) in [6, 6.07) is 10.9. The zero-order valence-corrected chi connectivity index (χ0v) is 13.1. The van der Waals surface area contributed by atoms with Gasteiger partial charge in [-0.3, -0.25) is 4.79 Å². The monoisotopic (exact) mass is 326 g/mol. The van der Waals surface area contributed by atoms with Crippen LogP contribution in [0.1, 0.15) is 17.2 Å². The molecule has 1 aromatic carbocycles. The summed E-state index contributed by atoms with van der Waals surface area (Å²) >= 11 is 1.51. The summed E-state index contributed by atoms with van der Waals surface area (Å²) in [5, 5.41) is 16.3. The highest BCUT2D eigenvalue weighted by Gasteiger charge is 2.16. The number of amides is 1. The molecule has 0 spiro atoms. The smallest absolute Gasteiger partial charge is 0.237 e. The first-order chi connectivity index (χ1) is 9.66. The van der Waals surface area contributed by atoms with Gasteiger partial charge < -0.3 is 16.2 Å². The van der Waals surface area contributed by atoms with E-state index in [2.05, 4.69) is 5.32 Å². The number of carbonyl (C=O) groups excluding carboxylic acids is 1. The maximum Gasteiger partial charge on any atom is 0.237 e. The normalized spacial score (nSPS) is 13.0. The van der Waals surface area contributed by atoms with Gasteiger partial charge in [0.2, 0.25) is 5.91 Å². The van der Waals surface area contributed by atoms with Crippen LogP contribution in [0, 0.1) is 0 Å². The first kappa shape index (κ1) is 17.7. The molecule has 1 heterocycles. The van der Waals surface area contributed by atoms with Gasteiger partial charge in [-0.05, 0) is 34.4 Å². The molecule has 2 aromatic rings. The van der Waals surface area contributed by atoms with E-state index in [1.54, 1.807) is 0 Å². The zero-order valence-electron chi connectivity index (χ0n) is 11.4. The van der Waals surface area contributed by atoms with Crippen molar-refractivity contribution in [3.05, 3.63) is 58.3 Å². The van der Waals surface area contributed by atoms with Crippen LogP contribution in [0.25, 0.3) is 0 Å². The summed E-state index contributed by atoms with van der Waals surface area (Å²) in [7, 11) is 0. The van der Waals surface area contributed by atoms with Crippen LogP contribution in [-0.4, -0.2) is 23.6 Å². The molecule has 1 unspecified atom stereocenters. The predicted molar refractivity (Wildman–Crippen MR) is 87.7 cm³/mol. The van der Waals surface area contributed by atoms with Gasteiger partial charge in [0.1, 0.15) is 0 Å². The van der Waals surface area contributed by atoms with Crippen molar-refractivity contribution in [1.82, 2.24) is 5.32 Å². The Morgan fingerprint density at radius 3 is 2.62 bits per heavy atom. The number of benzene rings is 1.